The number of hydrogen-bond acceptors (Lipinski definition) is 9. The average molecular weight is 308 g/mol. The van der Waals surface area contributed by atoms with Crippen LogP contribution in [0, 0.1) is 0 Å². The summed E-state index contributed by atoms with van der Waals surface area (Å²) in [7, 11) is 0. The molecular weight excluding hydrogens is 300 g/mol. The summed E-state index contributed by atoms with van der Waals surface area (Å²) in [6, 6.07) is 0. The molecule has 0 saturated heterocycles. The van der Waals surface area contributed by atoms with E-state index >= 15 is 0 Å². The Morgan fingerprint density at radius 3 is 3.14 bits per heavy atom. The lowest BCUT2D eigenvalue weighted by Gasteiger charge is -2.02. The molecule has 2 N–H and O–H groups in total. The molecule has 0 spiro atoms. The van der Waals surface area contributed by atoms with Gasteiger partial charge in [0.05, 0.1) is 6.54 Å². The second kappa shape index (κ2) is 5.62. The van der Waals surface area contributed by atoms with Crippen LogP contribution in [0.15, 0.2) is 21.0 Å². The van der Waals surface area contributed by atoms with E-state index in [-0.39, 0.29) is 23.2 Å². The molecule has 0 aliphatic carbocycles. The van der Waals surface area contributed by atoms with Gasteiger partial charge in [-0.3, -0.25) is 19.0 Å². The number of carbonyl (C=O) groups excluding carboxylic acids is 1. The molecule has 0 atom stereocenters. The maximum absolute atomic E-state index is 11.6. The van der Waals surface area contributed by atoms with Crippen LogP contribution in [-0.4, -0.2) is 46.9 Å². The van der Waals surface area contributed by atoms with E-state index in [1.807, 2.05) is 0 Å². The fourth-order valence-electron chi connectivity index (χ4n) is 1.48. The Hall–Kier alpha value is -2.89. The van der Waals surface area contributed by atoms with Crippen molar-refractivity contribution in [1.29, 1.82) is 0 Å². The van der Waals surface area contributed by atoms with Gasteiger partial charge < -0.3 is 5.32 Å². The quantitative estimate of drug-likeness (QED) is 0.604. The first-order valence-corrected chi connectivity index (χ1v) is 6.57. The molecule has 3 aromatic heterocycles. The monoisotopic (exact) mass is 308 g/mol. The van der Waals surface area contributed by atoms with Gasteiger partial charge in [0.1, 0.15) is 6.33 Å². The second-order valence-electron chi connectivity index (χ2n) is 3.82. The Balaban J connectivity index is 1.56. The largest absolute Gasteiger partial charge is 0.439 e. The van der Waals surface area contributed by atoms with E-state index < -0.39 is 5.76 Å². The lowest BCUT2D eigenvalue weighted by molar-refractivity contribution is 0.0947. The minimum Gasteiger partial charge on any atom is -0.349 e. The van der Waals surface area contributed by atoms with Crippen molar-refractivity contribution in [2.24, 2.45) is 0 Å². The maximum Gasteiger partial charge on any atom is 0.439 e. The van der Waals surface area contributed by atoms with Crippen molar-refractivity contribution in [3.05, 3.63) is 28.0 Å². The van der Waals surface area contributed by atoms with Crippen LogP contribution in [0.4, 0.5) is 0 Å². The number of aromatic nitrogens is 7. The van der Waals surface area contributed by atoms with E-state index in [0.717, 1.165) is 11.5 Å². The van der Waals surface area contributed by atoms with Gasteiger partial charge in [-0.2, -0.15) is 0 Å². The molecule has 12 heteroatoms. The van der Waals surface area contributed by atoms with Crippen molar-refractivity contribution in [2.75, 3.05) is 6.54 Å². The van der Waals surface area contributed by atoms with Crippen LogP contribution < -0.4 is 11.1 Å². The highest BCUT2D eigenvalue weighted by Crippen LogP contribution is 2.04. The van der Waals surface area contributed by atoms with Gasteiger partial charge in [-0.1, -0.05) is 9.64 Å². The zero-order valence-electron chi connectivity index (χ0n) is 10.4. The van der Waals surface area contributed by atoms with Gasteiger partial charge in [0.25, 0.3) is 5.91 Å². The number of carbonyl (C=O) groups is 1. The average Bonchev–Trinajstić information content (AvgIpc) is 3.19. The summed E-state index contributed by atoms with van der Waals surface area (Å²) >= 11 is 1.11. The molecule has 21 heavy (non-hydrogen) atoms. The molecule has 3 heterocycles. The number of nitrogens with one attached hydrogen (secondary N) is 2. The highest BCUT2D eigenvalue weighted by Gasteiger charge is 2.10. The molecule has 11 nitrogen and oxygen atoms in total. The van der Waals surface area contributed by atoms with Crippen LogP contribution in [-0.2, 0) is 6.54 Å². The van der Waals surface area contributed by atoms with Gasteiger partial charge in [0, 0.05) is 11.9 Å². The summed E-state index contributed by atoms with van der Waals surface area (Å²) in [6.45, 7) is 0.743. The molecule has 0 radical (unpaired) electrons. The van der Waals surface area contributed by atoms with E-state index in [4.69, 9.17) is 0 Å². The Labute approximate surface area is 120 Å². The fourth-order valence-corrected chi connectivity index (χ4v) is 1.91. The molecular formula is C9H8N8O3S. The van der Waals surface area contributed by atoms with Crippen molar-refractivity contribution < 1.29 is 9.32 Å². The van der Waals surface area contributed by atoms with Crippen LogP contribution in [0.2, 0.25) is 0 Å². The lowest BCUT2D eigenvalue weighted by Crippen LogP contribution is -2.27. The van der Waals surface area contributed by atoms with Crippen LogP contribution in [0.3, 0.4) is 0 Å². The summed E-state index contributed by atoms with van der Waals surface area (Å²) in [6.07, 6.45) is 1.46. The molecule has 0 aliphatic heterocycles. The number of nitrogens with zero attached hydrogens (tertiary/aromatic N) is 6. The Morgan fingerprint density at radius 1 is 1.52 bits per heavy atom. The molecule has 1 amide bonds. The minimum atomic E-state index is -0.675. The van der Waals surface area contributed by atoms with Gasteiger partial charge in [-0.05, 0) is 11.5 Å². The minimum absolute atomic E-state index is 0.149. The van der Waals surface area contributed by atoms with Crippen molar-refractivity contribution >= 4 is 17.4 Å². The summed E-state index contributed by atoms with van der Waals surface area (Å²) in [5.74, 6) is -0.595. The highest BCUT2D eigenvalue weighted by molar-refractivity contribution is 7.03. The van der Waals surface area contributed by atoms with E-state index in [2.05, 4.69) is 39.7 Å². The van der Waals surface area contributed by atoms with E-state index in [1.54, 1.807) is 5.38 Å². The molecule has 0 saturated carbocycles. The van der Waals surface area contributed by atoms with Gasteiger partial charge in [0.15, 0.2) is 5.69 Å². The maximum atomic E-state index is 11.6. The number of rotatable bonds is 5. The molecule has 0 bridgehead atoms. The standard InChI is InChI=1S/C9H8N8O3S/c18-8(5-3-21-16-13-5)10-1-2-17-4-11-6(14-17)7-12-9(19)20-15-7/h3-4H,1-2H2,(H,10,18)(H,12,15,19). The SMILES string of the molecule is O=C(NCCn1cnc(-c2noc(=O)[nH]2)n1)c1csnn1. The summed E-state index contributed by atoms with van der Waals surface area (Å²) in [5.41, 5.74) is 0.277. The first-order chi connectivity index (χ1) is 10.2. The normalized spacial score (nSPS) is 10.7. The van der Waals surface area contributed by atoms with Crippen LogP contribution in [0.1, 0.15) is 10.5 Å². The molecule has 3 rings (SSSR count). The van der Waals surface area contributed by atoms with Crippen molar-refractivity contribution in [3.63, 3.8) is 0 Å². The first kappa shape index (κ1) is 13.1. The molecule has 0 fully saturated rings. The van der Waals surface area contributed by atoms with E-state index in [0.29, 0.717) is 13.1 Å². The van der Waals surface area contributed by atoms with Gasteiger partial charge in [-0.15, -0.1) is 10.2 Å². The number of hydrogen-bond donors (Lipinski definition) is 2. The lowest BCUT2D eigenvalue weighted by atomic mass is 10.4. The van der Waals surface area contributed by atoms with Gasteiger partial charge in [-0.25, -0.2) is 9.78 Å². The zero-order chi connectivity index (χ0) is 14.7. The molecule has 0 aromatic carbocycles. The van der Waals surface area contributed by atoms with Gasteiger partial charge in [0.2, 0.25) is 11.6 Å². The Kier molecular flexibility index (Phi) is 3.51. The topological polar surface area (TPSA) is 144 Å². The summed E-state index contributed by atoms with van der Waals surface area (Å²) in [4.78, 5) is 28.8. The third-order valence-corrected chi connectivity index (χ3v) is 2.91. The first-order valence-electron chi connectivity index (χ1n) is 5.73. The third kappa shape index (κ3) is 3.00. The molecule has 0 aliphatic rings. The van der Waals surface area contributed by atoms with Crippen molar-refractivity contribution in [1.82, 2.24) is 39.8 Å². The van der Waals surface area contributed by atoms with E-state index in [1.165, 1.54) is 11.0 Å². The zero-order valence-corrected chi connectivity index (χ0v) is 11.2. The fraction of sp³-hybridized carbons (Fsp3) is 0.222. The number of amides is 1. The second-order valence-corrected chi connectivity index (χ2v) is 4.43. The van der Waals surface area contributed by atoms with E-state index in [9.17, 15) is 9.59 Å². The third-order valence-electron chi connectivity index (χ3n) is 2.41. The molecule has 3 aromatic rings. The highest BCUT2D eigenvalue weighted by atomic mass is 32.1. The predicted molar refractivity (Wildman–Crippen MR) is 68.4 cm³/mol. The van der Waals surface area contributed by atoms with Crippen molar-refractivity contribution in [2.45, 2.75) is 6.54 Å². The van der Waals surface area contributed by atoms with Gasteiger partial charge >= 0.3 is 5.76 Å². The Bertz CT molecular complexity index is 788. The predicted octanol–water partition coefficient (Wildman–Crippen LogP) is -1.10. The number of H-pyrrole nitrogens is 1. The Morgan fingerprint density at radius 2 is 2.43 bits per heavy atom. The van der Waals surface area contributed by atoms with Crippen molar-refractivity contribution in [3.8, 4) is 11.6 Å². The van der Waals surface area contributed by atoms with Crippen LogP contribution >= 0.6 is 11.5 Å². The smallest absolute Gasteiger partial charge is 0.349 e. The molecule has 108 valence electrons. The van der Waals surface area contributed by atoms with Crippen LogP contribution in [0.25, 0.3) is 11.6 Å². The summed E-state index contributed by atoms with van der Waals surface area (Å²) < 4.78 is 9.47. The molecule has 0 unspecified atom stereocenters. The number of aromatic amines is 1. The van der Waals surface area contributed by atoms with Crippen LogP contribution in [0.5, 0.6) is 0 Å². The summed E-state index contributed by atoms with van der Waals surface area (Å²) in [5, 5.41) is 15.5.